The van der Waals surface area contributed by atoms with Gasteiger partial charge in [0.15, 0.2) is 0 Å². The van der Waals surface area contributed by atoms with Crippen LogP contribution in [-0.2, 0) is 13.6 Å². The van der Waals surface area contributed by atoms with Gasteiger partial charge >= 0.3 is 7.60 Å². The highest BCUT2D eigenvalue weighted by molar-refractivity contribution is 7.54. The maximum absolute atomic E-state index is 13.1. The van der Waals surface area contributed by atoms with Crippen molar-refractivity contribution in [2.24, 2.45) is 11.8 Å². The van der Waals surface area contributed by atoms with Crippen molar-refractivity contribution in [1.29, 1.82) is 0 Å². The molecule has 0 aliphatic carbocycles. The summed E-state index contributed by atoms with van der Waals surface area (Å²) in [5.74, 6) is 1.03. The van der Waals surface area contributed by atoms with Gasteiger partial charge in [-0.2, -0.15) is 0 Å². The van der Waals surface area contributed by atoms with Crippen LogP contribution in [0.15, 0.2) is 0 Å². The number of rotatable bonds is 11. The molecule has 0 heterocycles. The Labute approximate surface area is 126 Å². The third-order valence-corrected chi connectivity index (χ3v) is 5.74. The molecule has 3 unspecified atom stereocenters. The van der Waals surface area contributed by atoms with Crippen molar-refractivity contribution < 1.29 is 13.6 Å². The van der Waals surface area contributed by atoms with Crippen molar-refractivity contribution in [1.82, 2.24) is 0 Å². The van der Waals surface area contributed by atoms with E-state index >= 15 is 0 Å². The average Bonchev–Trinajstić information content (AvgIpc) is 2.26. The molecule has 0 saturated heterocycles. The summed E-state index contributed by atoms with van der Waals surface area (Å²) in [6.07, 6.45) is 3.74. The summed E-state index contributed by atoms with van der Waals surface area (Å²) in [4.78, 5) is 0. The lowest BCUT2D eigenvalue weighted by Gasteiger charge is -2.28. The highest BCUT2D eigenvalue weighted by atomic mass is 31.2. The highest BCUT2D eigenvalue weighted by Crippen LogP contribution is 2.56. The molecule has 0 bridgehead atoms. The number of unbranched alkanes of at least 4 members (excludes halogenated alkanes) is 1. The van der Waals surface area contributed by atoms with Gasteiger partial charge in [-0.1, -0.05) is 48.0 Å². The van der Waals surface area contributed by atoms with Gasteiger partial charge in [0, 0.05) is 0 Å². The van der Waals surface area contributed by atoms with E-state index in [1.165, 1.54) is 0 Å². The molecule has 0 spiro atoms. The molecular weight excluding hydrogens is 271 g/mol. The molecule has 0 fully saturated rings. The van der Waals surface area contributed by atoms with Crippen molar-refractivity contribution in [2.75, 3.05) is 6.61 Å². The van der Waals surface area contributed by atoms with E-state index in [0.29, 0.717) is 18.4 Å². The van der Waals surface area contributed by atoms with Crippen LogP contribution in [0.4, 0.5) is 0 Å². The van der Waals surface area contributed by atoms with Crippen molar-refractivity contribution >= 4 is 7.60 Å². The standard InChI is InChI=1S/C16H35O3P/c1-8-9-10-18-20(17,16(7)12-14(4)5)19-15(6)11-13(2)3/h13-16H,8-12H2,1-7H3. The van der Waals surface area contributed by atoms with Crippen LogP contribution in [0.2, 0.25) is 0 Å². The van der Waals surface area contributed by atoms with Gasteiger partial charge in [-0.25, -0.2) is 0 Å². The van der Waals surface area contributed by atoms with Crippen LogP contribution in [0.3, 0.4) is 0 Å². The molecule has 0 N–H and O–H groups in total. The smallest absolute Gasteiger partial charge is 0.308 e. The number of hydrogen-bond donors (Lipinski definition) is 0. The van der Waals surface area contributed by atoms with Crippen LogP contribution in [0.25, 0.3) is 0 Å². The zero-order chi connectivity index (χ0) is 15.8. The fraction of sp³-hybridized carbons (Fsp3) is 1.00. The molecule has 0 saturated carbocycles. The normalized spacial score (nSPS) is 18.2. The molecule has 20 heavy (non-hydrogen) atoms. The summed E-state index contributed by atoms with van der Waals surface area (Å²) in [6.45, 7) is 15.2. The summed E-state index contributed by atoms with van der Waals surface area (Å²) >= 11 is 0. The topological polar surface area (TPSA) is 35.5 Å². The molecular formula is C16H35O3P. The second kappa shape index (κ2) is 9.97. The molecule has 3 atom stereocenters. The van der Waals surface area contributed by atoms with Gasteiger partial charge in [0.25, 0.3) is 0 Å². The Kier molecular flexibility index (Phi) is 10.0. The predicted octanol–water partition coefficient (Wildman–Crippen LogP) is 5.88. The molecule has 0 aromatic rings. The lowest BCUT2D eigenvalue weighted by molar-refractivity contribution is 0.135. The van der Waals surface area contributed by atoms with Crippen LogP contribution in [0.5, 0.6) is 0 Å². The quantitative estimate of drug-likeness (QED) is 0.353. The van der Waals surface area contributed by atoms with E-state index in [1.54, 1.807) is 0 Å². The van der Waals surface area contributed by atoms with Gasteiger partial charge in [0.1, 0.15) is 0 Å². The van der Waals surface area contributed by atoms with E-state index in [4.69, 9.17) is 9.05 Å². The molecule has 0 aliphatic heterocycles. The highest BCUT2D eigenvalue weighted by Gasteiger charge is 2.34. The summed E-state index contributed by atoms with van der Waals surface area (Å²) in [7, 11) is -3.01. The fourth-order valence-corrected chi connectivity index (χ4v) is 4.54. The molecule has 0 rings (SSSR count). The Morgan fingerprint density at radius 2 is 1.50 bits per heavy atom. The first-order valence-corrected chi connectivity index (χ1v) is 9.75. The first kappa shape index (κ1) is 20.1. The minimum atomic E-state index is -3.01. The van der Waals surface area contributed by atoms with Crippen LogP contribution < -0.4 is 0 Å². The SMILES string of the molecule is CCCCOP(=O)(OC(C)CC(C)C)C(C)CC(C)C. The Balaban J connectivity index is 4.71. The largest absolute Gasteiger partial charge is 0.333 e. The first-order chi connectivity index (χ1) is 9.21. The van der Waals surface area contributed by atoms with E-state index in [1.807, 2.05) is 13.8 Å². The van der Waals surface area contributed by atoms with Crippen molar-refractivity contribution in [3.8, 4) is 0 Å². The van der Waals surface area contributed by atoms with E-state index in [9.17, 15) is 4.57 Å². The molecule has 4 heteroatoms. The molecule has 0 aliphatic rings. The minimum absolute atomic E-state index is 0.0166. The lowest BCUT2D eigenvalue weighted by atomic mass is 10.1. The zero-order valence-electron chi connectivity index (χ0n) is 14.5. The Bertz CT molecular complexity index is 289. The summed E-state index contributed by atoms with van der Waals surface area (Å²) < 4.78 is 24.7. The third kappa shape index (κ3) is 8.44. The van der Waals surface area contributed by atoms with Crippen molar-refractivity contribution in [3.05, 3.63) is 0 Å². The van der Waals surface area contributed by atoms with E-state index in [0.717, 1.165) is 25.7 Å². The summed E-state index contributed by atoms with van der Waals surface area (Å²) in [5, 5.41) is 0. The molecule has 122 valence electrons. The predicted molar refractivity (Wildman–Crippen MR) is 87.4 cm³/mol. The van der Waals surface area contributed by atoms with E-state index in [-0.39, 0.29) is 11.8 Å². The van der Waals surface area contributed by atoms with Gasteiger partial charge in [0.05, 0.1) is 18.4 Å². The molecule has 0 radical (unpaired) electrons. The Morgan fingerprint density at radius 3 is 1.95 bits per heavy atom. The lowest BCUT2D eigenvalue weighted by Crippen LogP contribution is -2.18. The Hall–Kier alpha value is 0.150. The van der Waals surface area contributed by atoms with Crippen LogP contribution in [0.1, 0.15) is 74.1 Å². The van der Waals surface area contributed by atoms with Gasteiger partial charge in [-0.15, -0.1) is 0 Å². The Morgan fingerprint density at radius 1 is 0.950 bits per heavy atom. The van der Waals surface area contributed by atoms with Crippen LogP contribution >= 0.6 is 7.60 Å². The van der Waals surface area contributed by atoms with Crippen molar-refractivity contribution in [2.45, 2.75) is 85.9 Å². The second-order valence-corrected chi connectivity index (χ2v) is 9.18. The van der Waals surface area contributed by atoms with Crippen LogP contribution in [0, 0.1) is 11.8 Å². The minimum Gasteiger partial charge on any atom is -0.308 e. The summed E-state index contributed by atoms with van der Waals surface area (Å²) in [5.41, 5.74) is -0.0334. The second-order valence-electron chi connectivity index (χ2n) is 6.75. The van der Waals surface area contributed by atoms with E-state index in [2.05, 4.69) is 34.6 Å². The van der Waals surface area contributed by atoms with E-state index < -0.39 is 7.60 Å². The zero-order valence-corrected chi connectivity index (χ0v) is 15.4. The molecule has 3 nitrogen and oxygen atoms in total. The molecule has 0 aromatic heterocycles. The number of hydrogen-bond acceptors (Lipinski definition) is 3. The van der Waals surface area contributed by atoms with Gasteiger partial charge in [0.2, 0.25) is 0 Å². The van der Waals surface area contributed by atoms with Gasteiger partial charge in [-0.05, 0) is 38.0 Å². The third-order valence-electron chi connectivity index (χ3n) is 3.25. The maximum atomic E-state index is 13.1. The van der Waals surface area contributed by atoms with Gasteiger partial charge < -0.3 is 9.05 Å². The fourth-order valence-electron chi connectivity index (χ4n) is 2.37. The van der Waals surface area contributed by atoms with Crippen molar-refractivity contribution in [3.63, 3.8) is 0 Å². The average molecular weight is 306 g/mol. The van der Waals surface area contributed by atoms with Gasteiger partial charge in [-0.3, -0.25) is 4.57 Å². The molecule has 0 amide bonds. The first-order valence-electron chi connectivity index (χ1n) is 8.13. The maximum Gasteiger partial charge on any atom is 0.333 e. The monoisotopic (exact) mass is 306 g/mol. The molecule has 0 aromatic carbocycles. The van der Waals surface area contributed by atoms with Crippen LogP contribution in [-0.4, -0.2) is 18.4 Å². The summed E-state index contributed by atoms with van der Waals surface area (Å²) in [6, 6.07) is 0.